The van der Waals surface area contributed by atoms with Crippen molar-refractivity contribution in [1.82, 2.24) is 15.5 Å². The second kappa shape index (κ2) is 6.53. The van der Waals surface area contributed by atoms with Crippen LogP contribution < -0.4 is 10.6 Å². The molecular weight excluding hydrogens is 244 g/mol. The molecule has 0 aliphatic heterocycles. The van der Waals surface area contributed by atoms with E-state index >= 15 is 0 Å². The van der Waals surface area contributed by atoms with Crippen molar-refractivity contribution in [3.8, 4) is 0 Å². The predicted octanol–water partition coefficient (Wildman–Crippen LogP) is 1.82. The molecule has 0 atom stereocenters. The Hall–Kier alpha value is -2.37. The van der Waals surface area contributed by atoms with E-state index in [2.05, 4.69) is 27.7 Å². The Morgan fingerprint density at radius 2 is 2.32 bits per heavy atom. The van der Waals surface area contributed by atoms with Crippen molar-refractivity contribution >= 4 is 11.6 Å². The van der Waals surface area contributed by atoms with Crippen LogP contribution in [0.25, 0.3) is 0 Å². The molecular formula is C13H16N4O2. The average Bonchev–Trinajstić information content (AvgIpc) is 2.96. The third kappa shape index (κ3) is 3.54. The fraction of sp³-hybridized carbons (Fsp3) is 0.308. The minimum Gasteiger partial charge on any atom is -0.383 e. The molecule has 0 radical (unpaired) electrons. The van der Waals surface area contributed by atoms with Crippen LogP contribution in [0.15, 0.2) is 35.3 Å². The summed E-state index contributed by atoms with van der Waals surface area (Å²) >= 11 is 0. The van der Waals surface area contributed by atoms with E-state index in [1.807, 2.05) is 0 Å². The van der Waals surface area contributed by atoms with E-state index in [0.29, 0.717) is 17.8 Å². The van der Waals surface area contributed by atoms with E-state index < -0.39 is 0 Å². The van der Waals surface area contributed by atoms with Crippen molar-refractivity contribution in [3.63, 3.8) is 0 Å². The van der Waals surface area contributed by atoms with Crippen molar-refractivity contribution in [3.05, 3.63) is 42.0 Å². The molecule has 0 bridgehead atoms. The molecule has 2 rings (SSSR count). The Morgan fingerprint density at radius 3 is 3.05 bits per heavy atom. The Labute approximate surface area is 111 Å². The first-order chi connectivity index (χ1) is 9.31. The maximum Gasteiger partial charge on any atom is 0.253 e. The molecule has 0 saturated carbocycles. The molecule has 0 spiro atoms. The lowest BCUT2D eigenvalue weighted by Gasteiger charge is -2.10. The number of pyridine rings is 1. The zero-order chi connectivity index (χ0) is 13.5. The van der Waals surface area contributed by atoms with Gasteiger partial charge in [-0.15, -0.1) is 0 Å². The maximum absolute atomic E-state index is 12.1. The number of nitrogens with zero attached hydrogens (tertiary/aromatic N) is 2. The Morgan fingerprint density at radius 1 is 1.42 bits per heavy atom. The molecule has 0 unspecified atom stereocenters. The number of carbonyl (C=O) groups is 1. The lowest BCUT2D eigenvalue weighted by molar-refractivity contribution is 0.0951. The van der Waals surface area contributed by atoms with Gasteiger partial charge in [-0.05, 0) is 12.5 Å². The smallest absolute Gasteiger partial charge is 0.253 e. The average molecular weight is 260 g/mol. The SMILES string of the molecule is CCCNc1cnccc1C(=O)NCc1ccon1. The first-order valence-electron chi connectivity index (χ1n) is 6.16. The van der Waals surface area contributed by atoms with Gasteiger partial charge in [-0.1, -0.05) is 12.1 Å². The van der Waals surface area contributed by atoms with Gasteiger partial charge in [-0.2, -0.15) is 0 Å². The zero-order valence-corrected chi connectivity index (χ0v) is 10.7. The minimum absolute atomic E-state index is 0.163. The number of amides is 1. The first kappa shape index (κ1) is 13.1. The molecule has 2 heterocycles. The van der Waals surface area contributed by atoms with Crippen LogP contribution in [-0.4, -0.2) is 22.6 Å². The van der Waals surface area contributed by atoms with Crippen LogP contribution in [0.3, 0.4) is 0 Å². The highest BCUT2D eigenvalue weighted by Crippen LogP contribution is 2.13. The number of hydrogen-bond acceptors (Lipinski definition) is 5. The summed E-state index contributed by atoms with van der Waals surface area (Å²) in [5.41, 5.74) is 2.00. The van der Waals surface area contributed by atoms with Gasteiger partial charge in [-0.3, -0.25) is 9.78 Å². The summed E-state index contributed by atoms with van der Waals surface area (Å²) in [7, 11) is 0. The predicted molar refractivity (Wildman–Crippen MR) is 70.7 cm³/mol. The zero-order valence-electron chi connectivity index (χ0n) is 10.7. The maximum atomic E-state index is 12.1. The van der Waals surface area contributed by atoms with Gasteiger partial charge < -0.3 is 15.2 Å². The molecule has 0 aromatic carbocycles. The quantitative estimate of drug-likeness (QED) is 0.828. The van der Waals surface area contributed by atoms with Gasteiger partial charge in [0.2, 0.25) is 0 Å². The summed E-state index contributed by atoms with van der Waals surface area (Å²) in [6.45, 7) is 3.20. The summed E-state index contributed by atoms with van der Waals surface area (Å²) in [4.78, 5) is 16.1. The molecule has 0 aliphatic rings. The molecule has 0 fully saturated rings. The lowest BCUT2D eigenvalue weighted by Crippen LogP contribution is -2.24. The number of carbonyl (C=O) groups excluding carboxylic acids is 1. The Bertz CT molecular complexity index is 525. The molecule has 19 heavy (non-hydrogen) atoms. The number of rotatable bonds is 6. The van der Waals surface area contributed by atoms with Crippen molar-refractivity contribution in [2.45, 2.75) is 19.9 Å². The van der Waals surface area contributed by atoms with Crippen LogP contribution in [0.2, 0.25) is 0 Å². The van der Waals surface area contributed by atoms with Crippen LogP contribution in [0.4, 0.5) is 5.69 Å². The van der Waals surface area contributed by atoms with Crippen molar-refractivity contribution in [1.29, 1.82) is 0 Å². The van der Waals surface area contributed by atoms with Crippen LogP contribution in [-0.2, 0) is 6.54 Å². The second-order valence-electron chi connectivity index (χ2n) is 4.02. The third-order valence-electron chi connectivity index (χ3n) is 2.55. The molecule has 2 N–H and O–H groups in total. The highest BCUT2D eigenvalue weighted by Gasteiger charge is 2.11. The highest BCUT2D eigenvalue weighted by molar-refractivity contribution is 5.99. The third-order valence-corrected chi connectivity index (χ3v) is 2.55. The molecule has 2 aromatic rings. The van der Waals surface area contributed by atoms with Gasteiger partial charge in [0.25, 0.3) is 5.91 Å². The van der Waals surface area contributed by atoms with Crippen molar-refractivity contribution in [2.75, 3.05) is 11.9 Å². The van der Waals surface area contributed by atoms with Gasteiger partial charge in [0.05, 0.1) is 24.0 Å². The minimum atomic E-state index is -0.163. The Kier molecular flexibility index (Phi) is 4.49. The van der Waals surface area contributed by atoms with E-state index in [1.54, 1.807) is 24.5 Å². The number of nitrogens with one attached hydrogen (secondary N) is 2. The molecule has 100 valence electrons. The number of hydrogen-bond donors (Lipinski definition) is 2. The van der Waals surface area contributed by atoms with Crippen LogP contribution in [0.5, 0.6) is 0 Å². The molecule has 0 aliphatic carbocycles. The van der Waals surface area contributed by atoms with Crippen LogP contribution in [0.1, 0.15) is 29.4 Å². The van der Waals surface area contributed by atoms with E-state index in [1.165, 1.54) is 6.26 Å². The van der Waals surface area contributed by atoms with Crippen molar-refractivity contribution < 1.29 is 9.32 Å². The molecule has 6 heteroatoms. The van der Waals surface area contributed by atoms with Crippen LogP contribution >= 0.6 is 0 Å². The summed E-state index contributed by atoms with van der Waals surface area (Å²) in [5.74, 6) is -0.163. The topological polar surface area (TPSA) is 80.0 Å². The Balaban J connectivity index is 2.01. The lowest BCUT2D eigenvalue weighted by atomic mass is 10.2. The first-order valence-corrected chi connectivity index (χ1v) is 6.16. The fourth-order valence-electron chi connectivity index (χ4n) is 1.59. The van der Waals surface area contributed by atoms with E-state index in [0.717, 1.165) is 18.7 Å². The molecule has 0 saturated heterocycles. The van der Waals surface area contributed by atoms with E-state index in [4.69, 9.17) is 4.52 Å². The van der Waals surface area contributed by atoms with Gasteiger partial charge in [-0.25, -0.2) is 0 Å². The van der Waals surface area contributed by atoms with E-state index in [9.17, 15) is 4.79 Å². The van der Waals surface area contributed by atoms with Crippen LogP contribution in [0, 0.1) is 0 Å². The molecule has 6 nitrogen and oxygen atoms in total. The summed E-state index contributed by atoms with van der Waals surface area (Å²) in [6, 6.07) is 3.40. The standard InChI is InChI=1S/C13H16N4O2/c1-2-5-15-12-9-14-6-3-11(12)13(18)16-8-10-4-7-19-17-10/h3-4,6-7,9,15H,2,5,8H2,1H3,(H,16,18). The van der Waals surface area contributed by atoms with Gasteiger partial charge in [0.15, 0.2) is 0 Å². The van der Waals surface area contributed by atoms with Gasteiger partial charge >= 0.3 is 0 Å². The fourth-order valence-corrected chi connectivity index (χ4v) is 1.59. The largest absolute Gasteiger partial charge is 0.383 e. The molecule has 2 aromatic heterocycles. The normalized spacial score (nSPS) is 10.2. The summed E-state index contributed by atoms with van der Waals surface area (Å²) < 4.78 is 4.71. The number of anilines is 1. The van der Waals surface area contributed by atoms with Gasteiger partial charge in [0, 0.05) is 18.8 Å². The second-order valence-corrected chi connectivity index (χ2v) is 4.02. The monoisotopic (exact) mass is 260 g/mol. The van der Waals surface area contributed by atoms with Gasteiger partial charge in [0.1, 0.15) is 12.0 Å². The highest BCUT2D eigenvalue weighted by atomic mass is 16.5. The number of aromatic nitrogens is 2. The summed E-state index contributed by atoms with van der Waals surface area (Å²) in [6.07, 6.45) is 5.71. The van der Waals surface area contributed by atoms with E-state index in [-0.39, 0.29) is 5.91 Å². The summed E-state index contributed by atoms with van der Waals surface area (Å²) in [5, 5.41) is 9.70. The molecule has 1 amide bonds. The van der Waals surface area contributed by atoms with Crippen molar-refractivity contribution in [2.24, 2.45) is 0 Å².